The number of rotatable bonds is 3. The molecule has 0 spiro atoms. The van der Waals surface area contributed by atoms with Gasteiger partial charge < -0.3 is 9.88 Å². The van der Waals surface area contributed by atoms with Crippen LogP contribution in [-0.4, -0.2) is 10.5 Å². The number of benzene rings is 2. The van der Waals surface area contributed by atoms with Gasteiger partial charge in [0.1, 0.15) is 12.6 Å². The van der Waals surface area contributed by atoms with Crippen LogP contribution in [0.25, 0.3) is 10.9 Å². The molecule has 0 fully saturated rings. The van der Waals surface area contributed by atoms with E-state index >= 15 is 0 Å². The van der Waals surface area contributed by atoms with Gasteiger partial charge in [0.2, 0.25) is 5.91 Å². The third-order valence-corrected chi connectivity index (χ3v) is 3.88. The van der Waals surface area contributed by atoms with E-state index in [0.29, 0.717) is 22.2 Å². The standard InChI is InChI=1S/C18H12ClN3O2/c19-15-9-13(6-5-12(15)10-20)21-18(24)11-22-8-7-17(23)14-3-1-2-4-16(14)22/h1-9H,11H2,(H,21,24). The van der Waals surface area contributed by atoms with E-state index in [1.54, 1.807) is 41.1 Å². The van der Waals surface area contributed by atoms with Crippen LogP contribution < -0.4 is 10.7 Å². The number of hydrogen-bond donors (Lipinski definition) is 1. The van der Waals surface area contributed by atoms with Crippen LogP contribution in [0.15, 0.2) is 59.5 Å². The zero-order valence-electron chi connectivity index (χ0n) is 12.5. The first-order valence-corrected chi connectivity index (χ1v) is 7.54. The summed E-state index contributed by atoms with van der Waals surface area (Å²) in [5.74, 6) is -0.260. The summed E-state index contributed by atoms with van der Waals surface area (Å²) in [6, 6.07) is 15.2. The molecule has 0 aliphatic carbocycles. The quantitative estimate of drug-likeness (QED) is 0.797. The monoisotopic (exact) mass is 337 g/mol. The van der Waals surface area contributed by atoms with Crippen molar-refractivity contribution in [3.05, 3.63) is 75.5 Å². The Morgan fingerprint density at radius 1 is 1.21 bits per heavy atom. The minimum absolute atomic E-state index is 0.0540. The summed E-state index contributed by atoms with van der Waals surface area (Å²) in [5.41, 5.74) is 1.47. The summed E-state index contributed by atoms with van der Waals surface area (Å²) >= 11 is 5.95. The van der Waals surface area contributed by atoms with E-state index in [-0.39, 0.29) is 22.9 Å². The number of carbonyl (C=O) groups is 1. The van der Waals surface area contributed by atoms with E-state index in [9.17, 15) is 9.59 Å². The van der Waals surface area contributed by atoms with E-state index in [1.165, 1.54) is 12.1 Å². The summed E-state index contributed by atoms with van der Waals surface area (Å²) in [6.07, 6.45) is 1.59. The van der Waals surface area contributed by atoms with E-state index in [1.807, 2.05) is 12.1 Å². The van der Waals surface area contributed by atoms with Crippen molar-refractivity contribution in [2.45, 2.75) is 6.54 Å². The van der Waals surface area contributed by atoms with Crippen molar-refractivity contribution in [3.63, 3.8) is 0 Å². The van der Waals surface area contributed by atoms with Crippen molar-refractivity contribution in [2.24, 2.45) is 0 Å². The fraction of sp³-hybridized carbons (Fsp3) is 0.0556. The molecule has 1 heterocycles. The van der Waals surface area contributed by atoms with Gasteiger partial charge in [0.15, 0.2) is 5.43 Å². The van der Waals surface area contributed by atoms with E-state index in [2.05, 4.69) is 5.32 Å². The topological polar surface area (TPSA) is 74.9 Å². The molecule has 0 bridgehead atoms. The number of anilines is 1. The highest BCUT2D eigenvalue weighted by atomic mass is 35.5. The normalized spacial score (nSPS) is 10.3. The average Bonchev–Trinajstić information content (AvgIpc) is 2.58. The second-order valence-electron chi connectivity index (χ2n) is 5.18. The number of hydrogen-bond acceptors (Lipinski definition) is 3. The molecule has 3 aromatic rings. The number of pyridine rings is 1. The molecule has 5 nitrogen and oxygen atoms in total. The van der Waals surface area contributed by atoms with E-state index in [0.717, 1.165) is 0 Å². The van der Waals surface area contributed by atoms with Gasteiger partial charge in [-0.05, 0) is 30.3 Å². The van der Waals surface area contributed by atoms with Crippen LogP contribution in [0.1, 0.15) is 5.56 Å². The minimum atomic E-state index is -0.260. The van der Waals surface area contributed by atoms with Crippen LogP contribution >= 0.6 is 11.6 Å². The van der Waals surface area contributed by atoms with Gasteiger partial charge in [-0.25, -0.2) is 0 Å². The first-order valence-electron chi connectivity index (χ1n) is 7.16. The highest BCUT2D eigenvalue weighted by Gasteiger charge is 2.08. The van der Waals surface area contributed by atoms with Crippen LogP contribution in [0.4, 0.5) is 5.69 Å². The van der Waals surface area contributed by atoms with Gasteiger partial charge in [-0.1, -0.05) is 23.7 Å². The molecule has 1 amide bonds. The summed E-state index contributed by atoms with van der Waals surface area (Å²) in [5, 5.41) is 12.4. The number of aromatic nitrogens is 1. The molecule has 1 aromatic heterocycles. The van der Waals surface area contributed by atoms with Crippen LogP contribution in [0.5, 0.6) is 0 Å². The number of halogens is 1. The van der Waals surface area contributed by atoms with E-state index in [4.69, 9.17) is 16.9 Å². The smallest absolute Gasteiger partial charge is 0.244 e. The number of nitrogens with one attached hydrogen (secondary N) is 1. The second-order valence-corrected chi connectivity index (χ2v) is 5.59. The zero-order valence-corrected chi connectivity index (χ0v) is 13.2. The van der Waals surface area contributed by atoms with Gasteiger partial charge in [0.25, 0.3) is 0 Å². The molecule has 118 valence electrons. The molecular formula is C18H12ClN3O2. The third-order valence-electron chi connectivity index (χ3n) is 3.57. The Bertz CT molecular complexity index is 1030. The maximum atomic E-state index is 12.3. The Labute approximate surface area is 142 Å². The van der Waals surface area contributed by atoms with Crippen molar-refractivity contribution < 1.29 is 4.79 Å². The Hall–Kier alpha value is -3.10. The Morgan fingerprint density at radius 2 is 2.00 bits per heavy atom. The lowest BCUT2D eigenvalue weighted by atomic mass is 10.2. The SMILES string of the molecule is N#Cc1ccc(NC(=O)Cn2ccc(=O)c3ccccc32)cc1Cl. The molecule has 0 aliphatic rings. The zero-order chi connectivity index (χ0) is 17.1. The lowest BCUT2D eigenvalue weighted by molar-refractivity contribution is -0.116. The first-order chi connectivity index (χ1) is 11.6. The van der Waals surface area contributed by atoms with Gasteiger partial charge in [-0.3, -0.25) is 9.59 Å². The lowest BCUT2D eigenvalue weighted by Crippen LogP contribution is -2.20. The van der Waals surface area contributed by atoms with Gasteiger partial charge >= 0.3 is 0 Å². The highest BCUT2D eigenvalue weighted by molar-refractivity contribution is 6.32. The fourth-order valence-corrected chi connectivity index (χ4v) is 2.66. The maximum absolute atomic E-state index is 12.3. The van der Waals surface area contributed by atoms with Crippen molar-refractivity contribution in [1.82, 2.24) is 4.57 Å². The molecule has 2 aromatic carbocycles. The summed E-state index contributed by atoms with van der Waals surface area (Å²) in [4.78, 5) is 24.1. The van der Waals surface area contributed by atoms with Crippen molar-refractivity contribution in [2.75, 3.05) is 5.32 Å². The molecular weight excluding hydrogens is 326 g/mol. The van der Waals surface area contributed by atoms with Gasteiger partial charge in [0, 0.05) is 23.3 Å². The van der Waals surface area contributed by atoms with Crippen LogP contribution in [0, 0.1) is 11.3 Å². The largest absolute Gasteiger partial charge is 0.338 e. The van der Waals surface area contributed by atoms with Gasteiger partial charge in [0.05, 0.1) is 16.1 Å². The number of nitriles is 1. The van der Waals surface area contributed by atoms with E-state index < -0.39 is 0 Å². The molecule has 0 aliphatic heterocycles. The Morgan fingerprint density at radius 3 is 2.75 bits per heavy atom. The lowest BCUT2D eigenvalue weighted by Gasteiger charge is -2.11. The predicted octanol–water partition coefficient (Wildman–Crippen LogP) is 3.17. The number of carbonyl (C=O) groups excluding carboxylic acids is 1. The molecule has 1 N–H and O–H groups in total. The Balaban J connectivity index is 1.83. The van der Waals surface area contributed by atoms with Crippen molar-refractivity contribution >= 4 is 34.1 Å². The summed E-state index contributed by atoms with van der Waals surface area (Å²) < 4.78 is 1.71. The number of para-hydroxylation sites is 1. The maximum Gasteiger partial charge on any atom is 0.244 e. The van der Waals surface area contributed by atoms with Crippen molar-refractivity contribution in [1.29, 1.82) is 5.26 Å². The second kappa shape index (κ2) is 6.57. The first kappa shape index (κ1) is 15.8. The number of amides is 1. The highest BCUT2D eigenvalue weighted by Crippen LogP contribution is 2.20. The number of fused-ring (bicyclic) bond motifs is 1. The molecule has 3 rings (SSSR count). The average molecular weight is 338 g/mol. The summed E-state index contributed by atoms with van der Waals surface area (Å²) in [6.45, 7) is 0.0540. The van der Waals surface area contributed by atoms with Crippen molar-refractivity contribution in [3.8, 4) is 6.07 Å². The Kier molecular flexibility index (Phi) is 4.32. The minimum Gasteiger partial charge on any atom is -0.338 e. The van der Waals surface area contributed by atoms with Crippen LogP contribution in [0.2, 0.25) is 5.02 Å². The van der Waals surface area contributed by atoms with Crippen LogP contribution in [0.3, 0.4) is 0 Å². The third kappa shape index (κ3) is 3.14. The molecule has 0 saturated carbocycles. The molecule has 24 heavy (non-hydrogen) atoms. The van der Waals surface area contributed by atoms with Crippen LogP contribution in [-0.2, 0) is 11.3 Å². The number of nitrogens with zero attached hydrogens (tertiary/aromatic N) is 2. The molecule has 6 heteroatoms. The van der Waals surface area contributed by atoms with Gasteiger partial charge in [-0.15, -0.1) is 0 Å². The predicted molar refractivity (Wildman–Crippen MR) is 93.0 cm³/mol. The van der Waals surface area contributed by atoms with Gasteiger partial charge in [-0.2, -0.15) is 5.26 Å². The molecule has 0 atom stereocenters. The summed E-state index contributed by atoms with van der Waals surface area (Å²) in [7, 11) is 0. The molecule has 0 radical (unpaired) electrons. The molecule has 0 saturated heterocycles. The molecule has 0 unspecified atom stereocenters. The fourth-order valence-electron chi connectivity index (χ4n) is 2.44.